The van der Waals surface area contributed by atoms with Crippen LogP contribution in [0.4, 0.5) is 5.69 Å². The number of sulfonamides is 1. The van der Waals surface area contributed by atoms with Crippen LogP contribution in [0.1, 0.15) is 15.9 Å². The van der Waals surface area contributed by atoms with Crippen LogP contribution < -0.4 is 5.32 Å². The fourth-order valence-electron chi connectivity index (χ4n) is 3.83. The number of nitrogens with zero attached hydrogens (tertiary/aromatic N) is 2. The summed E-state index contributed by atoms with van der Waals surface area (Å²) >= 11 is 0. The van der Waals surface area contributed by atoms with Crippen LogP contribution in [0.3, 0.4) is 0 Å². The van der Waals surface area contributed by atoms with E-state index in [1.54, 1.807) is 29.8 Å². The molecule has 0 spiro atoms. The number of amides is 1. The lowest BCUT2D eigenvalue weighted by atomic mass is 10.2. The van der Waals surface area contributed by atoms with Crippen LogP contribution in [-0.4, -0.2) is 62.6 Å². The Bertz CT molecular complexity index is 1310. The van der Waals surface area contributed by atoms with Crippen molar-refractivity contribution < 1.29 is 27.5 Å². The number of carbonyl (C=O) groups excluding carboxylic acids is 2. The second-order valence-electron chi connectivity index (χ2n) is 7.72. The van der Waals surface area contributed by atoms with E-state index < -0.39 is 16.0 Å². The van der Waals surface area contributed by atoms with Crippen molar-refractivity contribution in [3.8, 4) is 0 Å². The quantitative estimate of drug-likeness (QED) is 0.554. The highest BCUT2D eigenvalue weighted by molar-refractivity contribution is 7.89. The third-order valence-electron chi connectivity index (χ3n) is 5.60. The monoisotopic (exact) mass is 471 g/mol. The van der Waals surface area contributed by atoms with Gasteiger partial charge in [0.25, 0.3) is 0 Å². The van der Waals surface area contributed by atoms with Crippen molar-refractivity contribution in [1.29, 1.82) is 0 Å². The maximum Gasteiger partial charge on any atom is 0.340 e. The maximum atomic E-state index is 13.0. The van der Waals surface area contributed by atoms with Gasteiger partial charge >= 0.3 is 5.97 Å². The van der Waals surface area contributed by atoms with Crippen LogP contribution in [0.25, 0.3) is 10.9 Å². The molecule has 2 aromatic carbocycles. The molecule has 1 fully saturated rings. The van der Waals surface area contributed by atoms with E-state index in [0.29, 0.717) is 48.5 Å². The average molecular weight is 472 g/mol. The Kier molecular flexibility index (Phi) is 6.50. The number of benzene rings is 2. The van der Waals surface area contributed by atoms with Gasteiger partial charge in [0.2, 0.25) is 15.9 Å². The largest absolute Gasteiger partial charge is 0.465 e. The number of para-hydroxylation sites is 1. The van der Waals surface area contributed by atoms with Crippen molar-refractivity contribution in [2.75, 3.05) is 38.7 Å². The normalized spacial score (nSPS) is 14.8. The van der Waals surface area contributed by atoms with Crippen LogP contribution in [0.15, 0.2) is 53.6 Å². The number of methoxy groups -OCH3 is 1. The molecule has 10 heteroatoms. The number of ether oxygens (including phenoxy) is 2. The number of anilines is 1. The summed E-state index contributed by atoms with van der Waals surface area (Å²) < 4.78 is 39.1. The first-order valence-electron chi connectivity index (χ1n) is 10.5. The lowest BCUT2D eigenvalue weighted by Crippen LogP contribution is -2.40. The summed E-state index contributed by atoms with van der Waals surface area (Å²) in [5.74, 6) is -0.835. The Morgan fingerprint density at radius 2 is 1.85 bits per heavy atom. The summed E-state index contributed by atoms with van der Waals surface area (Å²) in [6.07, 6.45) is 1.59. The Balaban J connectivity index is 1.57. The number of morpholine rings is 1. The van der Waals surface area contributed by atoms with Crippen molar-refractivity contribution in [3.63, 3.8) is 0 Å². The average Bonchev–Trinajstić information content (AvgIpc) is 3.18. The first-order chi connectivity index (χ1) is 15.8. The van der Waals surface area contributed by atoms with Crippen molar-refractivity contribution in [3.05, 3.63) is 59.8 Å². The van der Waals surface area contributed by atoms with Crippen LogP contribution >= 0.6 is 0 Å². The van der Waals surface area contributed by atoms with E-state index in [0.717, 1.165) is 5.56 Å². The molecule has 174 valence electrons. The number of fused-ring (bicyclic) bond motifs is 1. The molecule has 0 saturated carbocycles. The minimum absolute atomic E-state index is 0.0581. The number of carbonyl (C=O) groups is 2. The van der Waals surface area contributed by atoms with Gasteiger partial charge in [0.05, 0.1) is 30.8 Å². The van der Waals surface area contributed by atoms with Gasteiger partial charge in [-0.1, -0.05) is 24.3 Å². The lowest BCUT2D eigenvalue weighted by Gasteiger charge is -2.26. The van der Waals surface area contributed by atoms with Gasteiger partial charge < -0.3 is 19.4 Å². The molecule has 1 aromatic heterocycles. The number of hydrogen-bond acceptors (Lipinski definition) is 6. The van der Waals surface area contributed by atoms with E-state index in [1.165, 1.54) is 23.5 Å². The molecule has 1 aliphatic rings. The van der Waals surface area contributed by atoms with Crippen LogP contribution in [-0.2, 0) is 30.8 Å². The van der Waals surface area contributed by atoms with Gasteiger partial charge in [-0.2, -0.15) is 4.31 Å². The molecule has 33 heavy (non-hydrogen) atoms. The zero-order chi connectivity index (χ0) is 23.6. The Morgan fingerprint density at radius 3 is 2.58 bits per heavy atom. The number of aryl methyl sites for hydroxylation is 1. The van der Waals surface area contributed by atoms with Crippen molar-refractivity contribution in [2.24, 2.45) is 0 Å². The zero-order valence-corrected chi connectivity index (χ0v) is 19.2. The van der Waals surface area contributed by atoms with Gasteiger partial charge in [0.15, 0.2) is 0 Å². The molecule has 3 aromatic rings. The van der Waals surface area contributed by atoms with E-state index >= 15 is 0 Å². The molecular formula is C23H25N3O6S. The second-order valence-corrected chi connectivity index (χ2v) is 9.66. The van der Waals surface area contributed by atoms with Gasteiger partial charge in [-0.25, -0.2) is 13.2 Å². The van der Waals surface area contributed by atoms with Crippen LogP contribution in [0.5, 0.6) is 0 Å². The summed E-state index contributed by atoms with van der Waals surface area (Å²) in [4.78, 5) is 25.1. The third kappa shape index (κ3) is 4.63. The van der Waals surface area contributed by atoms with E-state index in [9.17, 15) is 18.0 Å². The van der Waals surface area contributed by atoms with Crippen molar-refractivity contribution >= 4 is 38.5 Å². The summed E-state index contributed by atoms with van der Waals surface area (Å²) in [5, 5.41) is 3.49. The van der Waals surface area contributed by atoms with Crippen molar-refractivity contribution in [1.82, 2.24) is 8.87 Å². The van der Waals surface area contributed by atoms with Crippen LogP contribution in [0.2, 0.25) is 0 Å². The SMILES string of the molecule is COC(=O)c1cn(CC(=O)Nc2cc(S(=O)(=O)N3CCOCC3)ccc2C)c2ccccc12. The molecule has 2 heterocycles. The number of aromatic nitrogens is 1. The van der Waals surface area contributed by atoms with E-state index in [1.807, 2.05) is 18.2 Å². The molecule has 0 aliphatic carbocycles. The molecule has 0 atom stereocenters. The van der Waals surface area contributed by atoms with E-state index in [4.69, 9.17) is 9.47 Å². The zero-order valence-electron chi connectivity index (χ0n) is 18.4. The topological polar surface area (TPSA) is 107 Å². The molecular weight excluding hydrogens is 446 g/mol. The van der Waals surface area contributed by atoms with Gasteiger partial charge in [-0.15, -0.1) is 0 Å². The highest BCUT2D eigenvalue weighted by Crippen LogP contribution is 2.25. The van der Waals surface area contributed by atoms with Gasteiger partial charge in [-0.3, -0.25) is 4.79 Å². The number of hydrogen-bond donors (Lipinski definition) is 1. The molecule has 1 saturated heterocycles. The highest BCUT2D eigenvalue weighted by Gasteiger charge is 2.27. The number of rotatable bonds is 6. The highest BCUT2D eigenvalue weighted by atomic mass is 32.2. The van der Waals surface area contributed by atoms with Crippen molar-refractivity contribution in [2.45, 2.75) is 18.4 Å². The smallest absolute Gasteiger partial charge is 0.340 e. The third-order valence-corrected chi connectivity index (χ3v) is 7.49. The summed E-state index contributed by atoms with van der Waals surface area (Å²) in [5.41, 5.74) is 2.24. The predicted molar refractivity (Wildman–Crippen MR) is 123 cm³/mol. The maximum absolute atomic E-state index is 13.0. The van der Waals surface area contributed by atoms with Crippen LogP contribution in [0, 0.1) is 6.92 Å². The van der Waals surface area contributed by atoms with E-state index in [-0.39, 0.29) is 17.3 Å². The number of esters is 1. The predicted octanol–water partition coefficient (Wildman–Crippen LogP) is 2.40. The van der Waals surface area contributed by atoms with Gasteiger partial charge in [0.1, 0.15) is 6.54 Å². The first kappa shape index (κ1) is 23.0. The molecule has 1 N–H and O–H groups in total. The number of nitrogens with one attached hydrogen (secondary N) is 1. The second kappa shape index (κ2) is 9.34. The Labute approximate surface area is 191 Å². The summed E-state index contributed by atoms with van der Waals surface area (Å²) in [7, 11) is -2.38. The first-order valence-corrected chi connectivity index (χ1v) is 11.9. The molecule has 1 aliphatic heterocycles. The Hall–Kier alpha value is -3.21. The Morgan fingerprint density at radius 1 is 1.12 bits per heavy atom. The van der Waals surface area contributed by atoms with Gasteiger partial charge in [-0.05, 0) is 30.7 Å². The fraction of sp³-hybridized carbons (Fsp3) is 0.304. The molecule has 4 rings (SSSR count). The standard InChI is InChI=1S/C23H25N3O6S/c1-16-7-8-17(33(29,30)26-9-11-32-12-10-26)13-20(16)24-22(27)15-25-14-19(23(28)31-2)18-5-3-4-6-21(18)25/h3-8,13-14H,9-12,15H2,1-2H3,(H,24,27). The minimum Gasteiger partial charge on any atom is -0.465 e. The lowest BCUT2D eigenvalue weighted by molar-refractivity contribution is -0.116. The molecule has 0 radical (unpaired) electrons. The van der Waals surface area contributed by atoms with Gasteiger partial charge in [0, 0.05) is 35.9 Å². The summed E-state index contributed by atoms with van der Waals surface area (Å²) in [6, 6.07) is 11.9. The van der Waals surface area contributed by atoms with E-state index in [2.05, 4.69) is 5.32 Å². The molecule has 1 amide bonds. The fourth-order valence-corrected chi connectivity index (χ4v) is 5.26. The molecule has 0 bridgehead atoms. The minimum atomic E-state index is -3.69. The summed E-state index contributed by atoms with van der Waals surface area (Å²) in [6.45, 7) is 3.03. The molecule has 0 unspecified atom stereocenters. The molecule has 9 nitrogen and oxygen atoms in total.